The van der Waals surface area contributed by atoms with E-state index in [9.17, 15) is 12.8 Å². The van der Waals surface area contributed by atoms with Gasteiger partial charge < -0.3 is 19.8 Å². The molecule has 0 fully saturated rings. The number of hydrogen-bond donors (Lipinski definition) is 2. The number of nitrogens with one attached hydrogen (secondary N) is 2. The van der Waals surface area contributed by atoms with Crippen LogP contribution >= 0.6 is 11.6 Å². The first-order valence-corrected chi connectivity index (χ1v) is 15.6. The zero-order valence-corrected chi connectivity index (χ0v) is 25.5. The second kappa shape index (κ2) is 15.3. The molecule has 0 spiro atoms. The van der Waals surface area contributed by atoms with Gasteiger partial charge in [-0.3, -0.25) is 0 Å². The van der Waals surface area contributed by atoms with Crippen LogP contribution in [0.15, 0.2) is 107 Å². The van der Waals surface area contributed by atoms with Crippen molar-refractivity contribution in [2.75, 3.05) is 23.9 Å². The van der Waals surface area contributed by atoms with Crippen LogP contribution in [0.2, 0.25) is 5.02 Å². The molecule has 0 saturated carbocycles. The average molecular weight is 612 g/mol. The Kier molecular flexibility index (Phi) is 11.9. The Bertz CT molecular complexity index is 1620. The minimum absolute atomic E-state index is 0.0552. The standard InChI is InChI=1S/C32H35ClFN3O4S/c1-6-24(30-14-12-27(41-30)20-35-15-16-42(5,38)39)18-28(22(3)4)32(36-7-2)37-26-11-13-31(29(33)19-26)40-21-23-9-8-10-25(34)17-23/h6-14,17-19,35H,2-3,15-16,20-21H2,1,4-5H3,(H,36,37)/b24-6+,28-18+. The number of nitrogens with zero attached hydrogens (tertiary/aromatic N) is 1. The van der Waals surface area contributed by atoms with Crippen molar-refractivity contribution in [3.8, 4) is 5.75 Å². The number of rotatable bonds is 14. The molecule has 222 valence electrons. The van der Waals surface area contributed by atoms with E-state index in [4.69, 9.17) is 20.8 Å². The SMILES string of the molecule is C=CN=C(Nc1ccc(OCc2cccc(F)c2)c(Cl)c1)/C(=C/C(=C\C)c1ccc(CNCCS(C)(=O)=O)o1)C(=C)C. The van der Waals surface area contributed by atoms with Gasteiger partial charge in [0.25, 0.3) is 0 Å². The van der Waals surface area contributed by atoms with E-state index in [1.807, 2.05) is 38.1 Å². The number of ether oxygens (including phenoxy) is 1. The molecule has 0 aliphatic rings. The van der Waals surface area contributed by atoms with Gasteiger partial charge in [0.15, 0.2) is 0 Å². The van der Waals surface area contributed by atoms with E-state index in [1.165, 1.54) is 24.6 Å². The lowest BCUT2D eigenvalue weighted by Crippen LogP contribution is -2.21. The predicted octanol–water partition coefficient (Wildman–Crippen LogP) is 7.35. The Morgan fingerprint density at radius 3 is 2.62 bits per heavy atom. The van der Waals surface area contributed by atoms with Crippen LogP contribution in [-0.2, 0) is 23.0 Å². The minimum atomic E-state index is -3.03. The van der Waals surface area contributed by atoms with Gasteiger partial charge in [-0.1, -0.05) is 43.0 Å². The van der Waals surface area contributed by atoms with Crippen LogP contribution in [0.4, 0.5) is 10.1 Å². The Morgan fingerprint density at radius 1 is 1.19 bits per heavy atom. The summed E-state index contributed by atoms with van der Waals surface area (Å²) >= 11 is 6.50. The van der Waals surface area contributed by atoms with Crippen LogP contribution < -0.4 is 15.4 Å². The highest BCUT2D eigenvalue weighted by Crippen LogP contribution is 2.30. The normalized spacial score (nSPS) is 12.7. The molecule has 1 aromatic heterocycles. The van der Waals surface area contributed by atoms with Crippen molar-refractivity contribution in [1.82, 2.24) is 5.32 Å². The van der Waals surface area contributed by atoms with Crippen molar-refractivity contribution < 1.29 is 22.0 Å². The molecule has 7 nitrogen and oxygen atoms in total. The van der Waals surface area contributed by atoms with Crippen molar-refractivity contribution in [2.24, 2.45) is 4.99 Å². The number of benzene rings is 2. The van der Waals surface area contributed by atoms with Crippen LogP contribution in [0.1, 0.15) is 30.9 Å². The Labute approximate surface area is 252 Å². The number of anilines is 1. The second-order valence-electron chi connectivity index (χ2n) is 9.50. The summed E-state index contributed by atoms with van der Waals surface area (Å²) in [5.74, 6) is 1.99. The molecule has 1 heterocycles. The maximum Gasteiger partial charge on any atom is 0.148 e. The number of amidine groups is 1. The largest absolute Gasteiger partial charge is 0.487 e. The van der Waals surface area contributed by atoms with E-state index >= 15 is 0 Å². The molecule has 0 bridgehead atoms. The summed E-state index contributed by atoms with van der Waals surface area (Å²) in [5, 5.41) is 6.74. The molecule has 3 rings (SSSR count). The molecule has 42 heavy (non-hydrogen) atoms. The van der Waals surface area contributed by atoms with E-state index < -0.39 is 9.84 Å². The Balaban J connectivity index is 1.76. The molecule has 2 N–H and O–H groups in total. The van der Waals surface area contributed by atoms with E-state index in [0.717, 1.165) is 16.7 Å². The van der Waals surface area contributed by atoms with Gasteiger partial charge in [0.2, 0.25) is 0 Å². The molecule has 0 amide bonds. The van der Waals surface area contributed by atoms with Crippen LogP contribution in [0.25, 0.3) is 5.57 Å². The van der Waals surface area contributed by atoms with E-state index in [1.54, 1.807) is 30.3 Å². The number of sulfone groups is 1. The zero-order chi connectivity index (χ0) is 30.7. The fourth-order valence-electron chi connectivity index (χ4n) is 3.82. The number of aliphatic imine (C=N–C) groups is 1. The van der Waals surface area contributed by atoms with Crippen molar-refractivity contribution in [3.05, 3.63) is 125 Å². The third kappa shape index (κ3) is 10.2. The molecule has 2 aromatic carbocycles. The third-order valence-corrected chi connectivity index (χ3v) is 7.16. The molecule has 0 saturated heterocycles. The number of hydrogen-bond acceptors (Lipinski definition) is 6. The molecule has 0 atom stereocenters. The van der Waals surface area contributed by atoms with Gasteiger partial charge in [-0.25, -0.2) is 17.8 Å². The van der Waals surface area contributed by atoms with E-state index in [-0.39, 0.29) is 18.2 Å². The highest BCUT2D eigenvalue weighted by Gasteiger charge is 2.14. The van der Waals surface area contributed by atoms with Gasteiger partial charge in [0.1, 0.15) is 45.4 Å². The second-order valence-corrected chi connectivity index (χ2v) is 12.2. The lowest BCUT2D eigenvalue weighted by Gasteiger charge is -2.15. The highest BCUT2D eigenvalue weighted by molar-refractivity contribution is 7.90. The third-order valence-electron chi connectivity index (χ3n) is 5.92. The van der Waals surface area contributed by atoms with Gasteiger partial charge >= 0.3 is 0 Å². The maximum absolute atomic E-state index is 13.5. The molecule has 0 unspecified atom stereocenters. The summed E-state index contributed by atoms with van der Waals surface area (Å²) < 4.78 is 47.9. The lowest BCUT2D eigenvalue weighted by atomic mass is 10.0. The highest BCUT2D eigenvalue weighted by atomic mass is 35.5. The number of halogens is 2. The number of furan rings is 1. The van der Waals surface area contributed by atoms with E-state index in [0.29, 0.717) is 52.5 Å². The van der Waals surface area contributed by atoms with Crippen molar-refractivity contribution in [1.29, 1.82) is 0 Å². The Hall–Kier alpha value is -3.92. The monoisotopic (exact) mass is 611 g/mol. The molecule has 3 aromatic rings. The summed E-state index contributed by atoms with van der Waals surface area (Å²) in [6.07, 6.45) is 6.46. The maximum atomic E-state index is 13.5. The lowest BCUT2D eigenvalue weighted by molar-refractivity contribution is 0.306. The summed E-state index contributed by atoms with van der Waals surface area (Å²) in [4.78, 5) is 4.45. The quantitative estimate of drug-likeness (QED) is 0.0857. The van der Waals surface area contributed by atoms with Crippen LogP contribution in [-0.4, -0.2) is 32.8 Å². The van der Waals surface area contributed by atoms with Crippen molar-refractivity contribution in [2.45, 2.75) is 27.0 Å². The van der Waals surface area contributed by atoms with Gasteiger partial charge in [0.05, 0.1) is 17.3 Å². The molecule has 0 aliphatic carbocycles. The smallest absolute Gasteiger partial charge is 0.148 e. The molecular formula is C32H35ClFN3O4S. The summed E-state index contributed by atoms with van der Waals surface area (Å²) in [7, 11) is -3.03. The first-order valence-electron chi connectivity index (χ1n) is 13.1. The van der Waals surface area contributed by atoms with Crippen LogP contribution in [0.3, 0.4) is 0 Å². The molecular weight excluding hydrogens is 577 g/mol. The molecule has 0 aliphatic heterocycles. The summed E-state index contributed by atoms with van der Waals surface area (Å²) in [6.45, 7) is 12.6. The summed E-state index contributed by atoms with van der Waals surface area (Å²) in [5.41, 5.74) is 3.62. The Morgan fingerprint density at radius 2 is 1.98 bits per heavy atom. The van der Waals surface area contributed by atoms with Gasteiger partial charge in [0, 0.05) is 35.8 Å². The fourth-order valence-corrected chi connectivity index (χ4v) is 4.57. The van der Waals surface area contributed by atoms with Crippen LogP contribution in [0.5, 0.6) is 5.75 Å². The minimum Gasteiger partial charge on any atom is -0.487 e. The first kappa shape index (κ1) is 32.6. The topological polar surface area (TPSA) is 92.9 Å². The molecule has 10 heteroatoms. The van der Waals surface area contributed by atoms with Gasteiger partial charge in [-0.2, -0.15) is 0 Å². The van der Waals surface area contributed by atoms with Gasteiger partial charge in [-0.05, 0) is 73.5 Å². The fraction of sp³-hybridized carbons (Fsp3) is 0.219. The van der Waals surface area contributed by atoms with Crippen LogP contribution in [0, 0.1) is 5.82 Å². The number of allylic oxidation sites excluding steroid dienone is 3. The summed E-state index contributed by atoms with van der Waals surface area (Å²) in [6, 6.07) is 15.1. The van der Waals surface area contributed by atoms with Crippen molar-refractivity contribution in [3.63, 3.8) is 0 Å². The first-order chi connectivity index (χ1) is 20.0. The predicted molar refractivity (Wildman–Crippen MR) is 170 cm³/mol. The molecule has 0 radical (unpaired) electrons. The zero-order valence-electron chi connectivity index (χ0n) is 23.9. The van der Waals surface area contributed by atoms with Gasteiger partial charge in [-0.15, -0.1) is 0 Å². The van der Waals surface area contributed by atoms with Crippen molar-refractivity contribution >= 4 is 38.5 Å². The average Bonchev–Trinajstić information content (AvgIpc) is 3.39. The van der Waals surface area contributed by atoms with E-state index in [2.05, 4.69) is 28.8 Å².